The minimum Gasteiger partial charge on any atom is -0.326 e. The highest BCUT2D eigenvalue weighted by Gasteiger charge is 2.59. The summed E-state index contributed by atoms with van der Waals surface area (Å²) in [6.45, 7) is 4.00. The van der Waals surface area contributed by atoms with Gasteiger partial charge in [-0.3, -0.25) is 4.79 Å². The number of hydrogen-bond acceptors (Lipinski definition) is 3. The molecular weight excluding hydrogens is 468 g/mol. The molecule has 4 aromatic carbocycles. The van der Waals surface area contributed by atoms with E-state index in [-0.39, 0.29) is 22.6 Å². The molecule has 1 aliphatic rings. The molecule has 6 heteroatoms. The van der Waals surface area contributed by atoms with Gasteiger partial charge in [-0.05, 0) is 58.4 Å². The van der Waals surface area contributed by atoms with Crippen LogP contribution >= 0.6 is 0 Å². The summed E-state index contributed by atoms with van der Waals surface area (Å²) >= 11 is 0. The van der Waals surface area contributed by atoms with E-state index in [2.05, 4.69) is 17.0 Å². The predicted molar refractivity (Wildman–Crippen MR) is 144 cm³/mol. The average molecular weight is 499 g/mol. The second-order valence-electron chi connectivity index (χ2n) is 9.93. The molecule has 0 bridgehead atoms. The Labute approximate surface area is 212 Å². The minimum absolute atomic E-state index is 0.0293. The molecule has 36 heavy (non-hydrogen) atoms. The maximum Gasteiger partial charge on any atom is 0.241 e. The number of sulfonamides is 1. The Hall–Kier alpha value is -3.48. The van der Waals surface area contributed by atoms with Gasteiger partial charge in [-0.1, -0.05) is 92.7 Å². The first-order valence-corrected chi connectivity index (χ1v) is 13.7. The molecule has 3 unspecified atom stereocenters. The van der Waals surface area contributed by atoms with Gasteiger partial charge >= 0.3 is 0 Å². The zero-order valence-corrected chi connectivity index (χ0v) is 21.2. The molecule has 184 valence electrons. The Balaban J connectivity index is 1.37. The van der Waals surface area contributed by atoms with E-state index in [1.807, 2.05) is 79.7 Å². The van der Waals surface area contributed by atoms with E-state index in [1.54, 1.807) is 30.3 Å². The molecule has 0 aromatic heterocycles. The topological polar surface area (TPSA) is 75.3 Å². The van der Waals surface area contributed by atoms with E-state index < -0.39 is 21.5 Å². The lowest BCUT2D eigenvalue weighted by Gasteiger charge is -2.28. The van der Waals surface area contributed by atoms with Crippen molar-refractivity contribution in [3.63, 3.8) is 0 Å². The zero-order valence-electron chi connectivity index (χ0n) is 20.4. The minimum atomic E-state index is -3.74. The Morgan fingerprint density at radius 2 is 1.47 bits per heavy atom. The third-order valence-electron chi connectivity index (χ3n) is 7.50. The normalized spacial score (nSPS) is 21.0. The van der Waals surface area contributed by atoms with Gasteiger partial charge in [0.2, 0.25) is 15.9 Å². The van der Waals surface area contributed by atoms with Crippen LogP contribution in [0.3, 0.4) is 0 Å². The van der Waals surface area contributed by atoms with Crippen LogP contribution in [0.25, 0.3) is 10.8 Å². The number of hydrogen-bond donors (Lipinski definition) is 2. The van der Waals surface area contributed by atoms with Crippen LogP contribution in [0.5, 0.6) is 0 Å². The fourth-order valence-electron chi connectivity index (χ4n) is 5.25. The van der Waals surface area contributed by atoms with Crippen molar-refractivity contribution in [2.24, 2.45) is 17.3 Å². The Bertz CT molecular complexity index is 1490. The van der Waals surface area contributed by atoms with Crippen molar-refractivity contribution in [2.75, 3.05) is 5.32 Å². The van der Waals surface area contributed by atoms with Crippen molar-refractivity contribution in [1.82, 2.24) is 4.72 Å². The standard InChI is InChI=1S/C30H30N2O3S/c1-21(29(33)31-25-18-17-22-11-9-10-14-24(22)19-25)27-20-30(27,2)28(23-12-5-3-6-13-23)32-36(34,35)26-15-7-4-8-16-26/h3-19,21,27-28,32H,20H2,1-2H3,(H,31,33)/t21?,27?,28?,30-/m0/s1. The quantitative estimate of drug-likeness (QED) is 0.305. The number of amides is 1. The lowest BCUT2D eigenvalue weighted by atomic mass is 9.86. The average Bonchev–Trinajstić information content (AvgIpc) is 3.60. The maximum atomic E-state index is 13.3. The molecule has 0 heterocycles. The van der Waals surface area contributed by atoms with E-state index in [0.29, 0.717) is 0 Å². The van der Waals surface area contributed by atoms with Crippen molar-refractivity contribution in [1.29, 1.82) is 0 Å². The molecule has 0 aliphatic heterocycles. The van der Waals surface area contributed by atoms with Gasteiger partial charge in [0.25, 0.3) is 0 Å². The Morgan fingerprint density at radius 3 is 2.17 bits per heavy atom. The molecule has 4 atom stereocenters. The van der Waals surface area contributed by atoms with Crippen molar-refractivity contribution in [3.8, 4) is 0 Å². The molecule has 2 N–H and O–H groups in total. The number of fused-ring (bicyclic) bond motifs is 1. The van der Waals surface area contributed by atoms with Crippen LogP contribution in [0.15, 0.2) is 108 Å². The molecule has 1 saturated carbocycles. The summed E-state index contributed by atoms with van der Waals surface area (Å²) < 4.78 is 29.5. The van der Waals surface area contributed by atoms with E-state index >= 15 is 0 Å². The molecule has 5 rings (SSSR count). The third kappa shape index (κ3) is 4.79. The Kier molecular flexibility index (Phi) is 6.41. The summed E-state index contributed by atoms with van der Waals surface area (Å²) in [7, 11) is -3.74. The highest BCUT2D eigenvalue weighted by atomic mass is 32.2. The maximum absolute atomic E-state index is 13.3. The van der Waals surface area contributed by atoms with Gasteiger partial charge in [-0.25, -0.2) is 13.1 Å². The van der Waals surface area contributed by atoms with Crippen LogP contribution in [-0.4, -0.2) is 14.3 Å². The summed E-state index contributed by atoms with van der Waals surface area (Å²) in [5, 5.41) is 5.26. The van der Waals surface area contributed by atoms with Crippen LogP contribution in [-0.2, 0) is 14.8 Å². The predicted octanol–water partition coefficient (Wildman–Crippen LogP) is 6.16. The molecule has 1 fully saturated rings. The van der Waals surface area contributed by atoms with Crippen LogP contribution < -0.4 is 10.0 Å². The number of carbonyl (C=O) groups excluding carboxylic acids is 1. The Morgan fingerprint density at radius 1 is 0.861 bits per heavy atom. The van der Waals surface area contributed by atoms with Gasteiger partial charge < -0.3 is 5.32 Å². The van der Waals surface area contributed by atoms with Crippen molar-refractivity contribution >= 4 is 32.4 Å². The van der Waals surface area contributed by atoms with Crippen molar-refractivity contribution < 1.29 is 13.2 Å². The van der Waals surface area contributed by atoms with Gasteiger partial charge in [0.1, 0.15) is 0 Å². The summed E-state index contributed by atoms with van der Waals surface area (Å²) in [6.07, 6.45) is 0.746. The van der Waals surface area contributed by atoms with Gasteiger partial charge in [-0.15, -0.1) is 0 Å². The molecule has 0 saturated heterocycles. The summed E-state index contributed by atoms with van der Waals surface area (Å²) in [5.41, 5.74) is 1.25. The summed E-state index contributed by atoms with van der Waals surface area (Å²) in [4.78, 5) is 13.5. The number of rotatable bonds is 8. The molecule has 4 aromatic rings. The molecular formula is C30H30N2O3S. The first-order valence-electron chi connectivity index (χ1n) is 12.2. The molecule has 1 amide bonds. The molecule has 1 aliphatic carbocycles. The SMILES string of the molecule is CC(C(=O)Nc1ccc2ccccc2c1)C1C[C@]1(C)C(NS(=O)(=O)c1ccccc1)c1ccccc1. The number of benzene rings is 4. The van der Waals surface area contributed by atoms with Crippen LogP contribution in [0.4, 0.5) is 5.69 Å². The van der Waals surface area contributed by atoms with Crippen LogP contribution in [0, 0.1) is 17.3 Å². The first kappa shape index (κ1) is 24.2. The second kappa shape index (κ2) is 9.52. The lowest BCUT2D eigenvalue weighted by Crippen LogP contribution is -2.35. The molecule has 5 nitrogen and oxygen atoms in total. The fourth-order valence-corrected chi connectivity index (χ4v) is 6.62. The molecule has 0 spiro atoms. The molecule has 0 radical (unpaired) electrons. The highest BCUT2D eigenvalue weighted by molar-refractivity contribution is 7.89. The second-order valence-corrected chi connectivity index (χ2v) is 11.6. The highest BCUT2D eigenvalue weighted by Crippen LogP contribution is 2.63. The van der Waals surface area contributed by atoms with Gasteiger partial charge in [-0.2, -0.15) is 0 Å². The van der Waals surface area contributed by atoms with Crippen molar-refractivity contribution in [2.45, 2.75) is 31.2 Å². The smallest absolute Gasteiger partial charge is 0.241 e. The van der Waals surface area contributed by atoms with E-state index in [9.17, 15) is 13.2 Å². The number of carbonyl (C=O) groups is 1. The number of nitrogens with one attached hydrogen (secondary N) is 2. The largest absolute Gasteiger partial charge is 0.326 e. The van der Waals surface area contributed by atoms with Gasteiger partial charge in [0.05, 0.1) is 10.9 Å². The fraction of sp³-hybridized carbons (Fsp3) is 0.233. The third-order valence-corrected chi connectivity index (χ3v) is 8.94. The summed E-state index contributed by atoms with van der Waals surface area (Å²) in [6, 6.07) is 31.5. The van der Waals surface area contributed by atoms with Crippen LogP contribution in [0.1, 0.15) is 31.9 Å². The van der Waals surface area contributed by atoms with Crippen LogP contribution in [0.2, 0.25) is 0 Å². The van der Waals surface area contributed by atoms with E-state index in [1.165, 1.54) is 0 Å². The van der Waals surface area contributed by atoms with Crippen molar-refractivity contribution in [3.05, 3.63) is 109 Å². The lowest BCUT2D eigenvalue weighted by molar-refractivity contribution is -0.120. The van der Waals surface area contributed by atoms with E-state index in [4.69, 9.17) is 0 Å². The summed E-state index contributed by atoms with van der Waals surface area (Å²) in [5.74, 6) is -0.313. The van der Waals surface area contributed by atoms with Gasteiger partial charge in [0, 0.05) is 11.6 Å². The van der Waals surface area contributed by atoms with Gasteiger partial charge in [0.15, 0.2) is 0 Å². The first-order chi connectivity index (χ1) is 17.3. The zero-order chi connectivity index (χ0) is 25.3. The number of anilines is 1. The monoisotopic (exact) mass is 498 g/mol. The van der Waals surface area contributed by atoms with E-state index in [0.717, 1.165) is 28.4 Å².